The van der Waals surface area contributed by atoms with Gasteiger partial charge in [-0.05, 0) is 36.6 Å². The van der Waals surface area contributed by atoms with Crippen LogP contribution in [0.5, 0.6) is 0 Å². The number of thioether (sulfide) groups is 1. The van der Waals surface area contributed by atoms with Crippen molar-refractivity contribution in [3.63, 3.8) is 0 Å². The lowest BCUT2D eigenvalue weighted by atomic mass is 10.0. The molecule has 1 aliphatic heterocycles. The van der Waals surface area contributed by atoms with Crippen LogP contribution < -0.4 is 5.32 Å². The zero-order valence-corrected chi connectivity index (χ0v) is 12.8. The minimum absolute atomic E-state index is 0.297. The van der Waals surface area contributed by atoms with E-state index in [1.807, 2.05) is 11.8 Å². The molecule has 1 heterocycles. The van der Waals surface area contributed by atoms with Gasteiger partial charge in [0.2, 0.25) is 0 Å². The van der Waals surface area contributed by atoms with Crippen molar-refractivity contribution in [3.05, 3.63) is 35.4 Å². The number of aliphatic hydroxyl groups is 1. The predicted molar refractivity (Wildman–Crippen MR) is 83.7 cm³/mol. The topological polar surface area (TPSA) is 32.3 Å². The van der Waals surface area contributed by atoms with E-state index < -0.39 is 5.60 Å². The Morgan fingerprint density at radius 2 is 2.11 bits per heavy atom. The molecule has 1 aliphatic rings. The van der Waals surface area contributed by atoms with Gasteiger partial charge in [-0.2, -0.15) is 11.8 Å². The minimum Gasteiger partial charge on any atom is -0.388 e. The quantitative estimate of drug-likeness (QED) is 0.839. The molecular formula is C16H25NOS. The van der Waals surface area contributed by atoms with Crippen molar-refractivity contribution < 1.29 is 5.11 Å². The fourth-order valence-corrected chi connectivity index (χ4v) is 3.75. The van der Waals surface area contributed by atoms with Crippen LogP contribution in [0.15, 0.2) is 24.3 Å². The van der Waals surface area contributed by atoms with Gasteiger partial charge in [-0.25, -0.2) is 0 Å². The van der Waals surface area contributed by atoms with Crippen molar-refractivity contribution in [2.75, 3.05) is 18.1 Å². The molecule has 1 aromatic carbocycles. The molecule has 2 unspecified atom stereocenters. The minimum atomic E-state index is -0.499. The second-order valence-corrected chi connectivity index (χ2v) is 6.73. The average Bonchev–Trinajstić information content (AvgIpc) is 2.85. The summed E-state index contributed by atoms with van der Waals surface area (Å²) in [5, 5.41) is 13.8. The van der Waals surface area contributed by atoms with Gasteiger partial charge in [-0.1, -0.05) is 37.6 Å². The maximum absolute atomic E-state index is 10.3. The summed E-state index contributed by atoms with van der Waals surface area (Å²) < 4.78 is 0. The van der Waals surface area contributed by atoms with Gasteiger partial charge in [0.25, 0.3) is 0 Å². The maximum Gasteiger partial charge on any atom is 0.0869 e. The molecule has 19 heavy (non-hydrogen) atoms. The van der Waals surface area contributed by atoms with Crippen LogP contribution in [0.4, 0.5) is 0 Å². The molecule has 0 aliphatic carbocycles. The van der Waals surface area contributed by atoms with Gasteiger partial charge in [-0.3, -0.25) is 0 Å². The van der Waals surface area contributed by atoms with Crippen LogP contribution >= 0.6 is 11.8 Å². The van der Waals surface area contributed by atoms with Gasteiger partial charge in [0.1, 0.15) is 0 Å². The van der Waals surface area contributed by atoms with E-state index in [2.05, 4.69) is 43.4 Å². The Morgan fingerprint density at radius 1 is 1.37 bits per heavy atom. The predicted octanol–water partition coefficient (Wildman–Crippen LogP) is 3.16. The molecule has 2 N–H and O–H groups in total. The van der Waals surface area contributed by atoms with Crippen molar-refractivity contribution in [2.45, 2.75) is 44.8 Å². The van der Waals surface area contributed by atoms with Crippen LogP contribution in [-0.4, -0.2) is 28.8 Å². The van der Waals surface area contributed by atoms with E-state index in [0.717, 1.165) is 24.3 Å². The Kier molecular flexibility index (Phi) is 5.31. The Bertz CT molecular complexity index is 384. The Morgan fingerprint density at radius 3 is 2.68 bits per heavy atom. The zero-order chi connectivity index (χ0) is 13.7. The second kappa shape index (κ2) is 6.78. The first-order chi connectivity index (χ1) is 9.13. The lowest BCUT2D eigenvalue weighted by Crippen LogP contribution is -2.41. The molecule has 1 aromatic rings. The zero-order valence-electron chi connectivity index (χ0n) is 12.0. The highest BCUT2D eigenvalue weighted by Crippen LogP contribution is 2.27. The van der Waals surface area contributed by atoms with Crippen molar-refractivity contribution in [1.82, 2.24) is 5.32 Å². The summed E-state index contributed by atoms with van der Waals surface area (Å²) in [5.41, 5.74) is 2.21. The largest absolute Gasteiger partial charge is 0.388 e. The standard InChI is InChI=1S/C16H25NOS/c1-3-4-14-5-7-15(8-6-14)13(2)17-11-16(18)9-10-19-12-16/h5-8,13,17-18H,3-4,9-12H2,1-2H3. The molecular weight excluding hydrogens is 254 g/mol. The number of nitrogens with one attached hydrogen (secondary N) is 1. The lowest BCUT2D eigenvalue weighted by Gasteiger charge is -2.24. The summed E-state index contributed by atoms with van der Waals surface area (Å²) in [5.74, 6) is 1.94. The van der Waals surface area contributed by atoms with Crippen molar-refractivity contribution in [2.24, 2.45) is 0 Å². The first-order valence-electron chi connectivity index (χ1n) is 7.25. The number of hydrogen-bond acceptors (Lipinski definition) is 3. The average molecular weight is 279 g/mol. The number of hydrogen-bond donors (Lipinski definition) is 2. The summed E-state index contributed by atoms with van der Waals surface area (Å²) in [6.07, 6.45) is 3.25. The number of aryl methyl sites for hydroxylation is 1. The van der Waals surface area contributed by atoms with Crippen molar-refractivity contribution in [1.29, 1.82) is 0 Å². The normalized spacial score (nSPS) is 24.6. The highest BCUT2D eigenvalue weighted by atomic mass is 32.2. The molecule has 106 valence electrons. The molecule has 1 fully saturated rings. The van der Waals surface area contributed by atoms with Gasteiger partial charge in [-0.15, -0.1) is 0 Å². The molecule has 0 aromatic heterocycles. The molecule has 0 amide bonds. The lowest BCUT2D eigenvalue weighted by molar-refractivity contribution is 0.0651. The van der Waals surface area contributed by atoms with Crippen molar-refractivity contribution in [3.8, 4) is 0 Å². The highest BCUT2D eigenvalue weighted by molar-refractivity contribution is 7.99. The molecule has 0 saturated carbocycles. The third kappa shape index (κ3) is 4.23. The van der Waals surface area contributed by atoms with E-state index in [1.165, 1.54) is 17.5 Å². The van der Waals surface area contributed by atoms with E-state index >= 15 is 0 Å². The Labute approximate surface area is 121 Å². The Hall–Kier alpha value is -0.510. The van der Waals surface area contributed by atoms with Crippen LogP contribution in [-0.2, 0) is 6.42 Å². The third-order valence-corrected chi connectivity index (χ3v) is 5.07. The van der Waals surface area contributed by atoms with E-state index in [4.69, 9.17) is 0 Å². The van der Waals surface area contributed by atoms with Crippen LogP contribution in [0.1, 0.15) is 43.9 Å². The van der Waals surface area contributed by atoms with Gasteiger partial charge in [0.15, 0.2) is 0 Å². The molecule has 2 atom stereocenters. The summed E-state index contributed by atoms with van der Waals surface area (Å²) in [7, 11) is 0. The molecule has 0 radical (unpaired) electrons. The van der Waals surface area contributed by atoms with Gasteiger partial charge in [0.05, 0.1) is 5.60 Å². The van der Waals surface area contributed by atoms with Crippen LogP contribution in [0.25, 0.3) is 0 Å². The maximum atomic E-state index is 10.3. The first kappa shape index (κ1) is 14.9. The molecule has 3 heteroatoms. The van der Waals surface area contributed by atoms with Crippen LogP contribution in [0.2, 0.25) is 0 Å². The molecule has 0 bridgehead atoms. The van der Waals surface area contributed by atoms with Crippen LogP contribution in [0.3, 0.4) is 0 Å². The smallest absolute Gasteiger partial charge is 0.0869 e. The fourth-order valence-electron chi connectivity index (χ4n) is 2.46. The molecule has 2 rings (SSSR count). The Balaban J connectivity index is 1.86. The summed E-state index contributed by atoms with van der Waals surface area (Å²) in [6.45, 7) is 5.07. The first-order valence-corrected chi connectivity index (χ1v) is 8.41. The van der Waals surface area contributed by atoms with E-state index in [-0.39, 0.29) is 0 Å². The second-order valence-electron chi connectivity index (χ2n) is 5.62. The highest BCUT2D eigenvalue weighted by Gasteiger charge is 2.31. The van der Waals surface area contributed by atoms with Gasteiger partial charge < -0.3 is 10.4 Å². The third-order valence-electron chi connectivity index (χ3n) is 3.84. The van der Waals surface area contributed by atoms with Gasteiger partial charge in [0, 0.05) is 18.3 Å². The number of benzene rings is 1. The molecule has 0 spiro atoms. The summed E-state index contributed by atoms with van der Waals surface area (Å²) in [4.78, 5) is 0. The van der Waals surface area contributed by atoms with E-state index in [9.17, 15) is 5.11 Å². The summed E-state index contributed by atoms with van der Waals surface area (Å²) in [6, 6.07) is 9.14. The van der Waals surface area contributed by atoms with Crippen LogP contribution in [0, 0.1) is 0 Å². The molecule has 2 nitrogen and oxygen atoms in total. The summed E-state index contributed by atoms with van der Waals surface area (Å²) >= 11 is 1.85. The molecule has 1 saturated heterocycles. The number of rotatable bonds is 6. The van der Waals surface area contributed by atoms with Crippen molar-refractivity contribution >= 4 is 11.8 Å². The fraction of sp³-hybridized carbons (Fsp3) is 0.625. The van der Waals surface area contributed by atoms with Gasteiger partial charge >= 0.3 is 0 Å². The SMILES string of the molecule is CCCc1ccc(C(C)NCC2(O)CCSC2)cc1. The van der Waals surface area contributed by atoms with E-state index in [1.54, 1.807) is 0 Å². The van der Waals surface area contributed by atoms with E-state index in [0.29, 0.717) is 12.6 Å². The monoisotopic (exact) mass is 279 g/mol.